The largest absolute Gasteiger partial charge is 0.386 e. The summed E-state index contributed by atoms with van der Waals surface area (Å²) in [6.45, 7) is 2.94. The van der Waals surface area contributed by atoms with Crippen molar-refractivity contribution in [3.63, 3.8) is 0 Å². The van der Waals surface area contributed by atoms with Crippen LogP contribution in [0.3, 0.4) is 0 Å². The van der Waals surface area contributed by atoms with Crippen LogP contribution in [0.1, 0.15) is 25.3 Å². The highest BCUT2D eigenvalue weighted by Gasteiger charge is 2.41. The molecule has 102 valence electrons. The minimum Gasteiger partial charge on any atom is -0.386 e. The monoisotopic (exact) mass is 323 g/mol. The van der Waals surface area contributed by atoms with E-state index in [0.717, 1.165) is 22.9 Å². The summed E-state index contributed by atoms with van der Waals surface area (Å²) in [4.78, 5) is 13.5. The molecule has 1 aromatic rings. The zero-order valence-corrected chi connectivity index (χ0v) is 12.6. The fourth-order valence-corrected chi connectivity index (χ4v) is 2.55. The number of amides is 1. The highest BCUT2D eigenvalue weighted by Crippen LogP contribution is 2.26. The Morgan fingerprint density at radius 3 is 2.63 bits per heavy atom. The van der Waals surface area contributed by atoms with Crippen LogP contribution in [-0.2, 0) is 4.79 Å². The second-order valence-electron chi connectivity index (χ2n) is 5.05. The Bertz CT molecular complexity index is 475. The molecule has 2 rings (SSSR count). The first-order valence-corrected chi connectivity index (χ1v) is 7.27. The van der Waals surface area contributed by atoms with Crippen LogP contribution in [0.2, 0.25) is 0 Å². The molecule has 0 bridgehead atoms. The van der Waals surface area contributed by atoms with Gasteiger partial charge in [0.15, 0.2) is 0 Å². The Morgan fingerprint density at radius 1 is 1.42 bits per heavy atom. The third kappa shape index (κ3) is 3.67. The molecule has 1 aliphatic heterocycles. The van der Waals surface area contributed by atoms with Crippen LogP contribution in [0.15, 0.2) is 34.8 Å². The lowest BCUT2D eigenvalue weighted by atomic mass is 9.89. The number of likely N-dealkylation sites (tertiary alicyclic amines) is 1. The second-order valence-corrected chi connectivity index (χ2v) is 5.97. The molecule has 0 unspecified atom stereocenters. The van der Waals surface area contributed by atoms with Crippen molar-refractivity contribution >= 4 is 27.9 Å². The van der Waals surface area contributed by atoms with Gasteiger partial charge in [0.25, 0.3) is 0 Å². The van der Waals surface area contributed by atoms with E-state index in [9.17, 15) is 9.90 Å². The molecule has 0 aliphatic carbocycles. The molecular weight excluding hydrogens is 306 g/mol. The third-order valence-corrected chi connectivity index (χ3v) is 3.81. The predicted molar refractivity (Wildman–Crippen MR) is 79.6 cm³/mol. The summed E-state index contributed by atoms with van der Waals surface area (Å²) in [5.74, 6) is -0.0382. The van der Waals surface area contributed by atoms with Crippen molar-refractivity contribution < 1.29 is 9.90 Å². The van der Waals surface area contributed by atoms with E-state index in [4.69, 9.17) is 0 Å². The van der Waals surface area contributed by atoms with Crippen LogP contribution in [0.25, 0.3) is 6.08 Å². The summed E-state index contributed by atoms with van der Waals surface area (Å²) in [6, 6.07) is 7.76. The number of halogens is 1. The lowest BCUT2D eigenvalue weighted by Crippen LogP contribution is -2.63. The number of carbonyl (C=O) groups excluding carboxylic acids is 1. The molecule has 0 aromatic heterocycles. The average Bonchev–Trinajstić information content (AvgIpc) is 2.35. The molecule has 1 N–H and O–H groups in total. The molecule has 4 heteroatoms. The maximum absolute atomic E-state index is 11.9. The Kier molecular flexibility index (Phi) is 4.42. The molecule has 3 nitrogen and oxygen atoms in total. The Labute approximate surface area is 122 Å². The average molecular weight is 324 g/mol. The standard InChI is InChI=1S/C15H18BrNO2/c1-2-9-15(19)10-17(11-15)14(18)8-5-12-3-6-13(16)7-4-12/h3-8,19H,2,9-11H2,1H3. The zero-order chi connectivity index (χ0) is 13.9. The van der Waals surface area contributed by atoms with Crippen LogP contribution in [-0.4, -0.2) is 34.6 Å². The van der Waals surface area contributed by atoms with Gasteiger partial charge in [-0.15, -0.1) is 0 Å². The van der Waals surface area contributed by atoms with Crippen molar-refractivity contribution in [2.75, 3.05) is 13.1 Å². The van der Waals surface area contributed by atoms with E-state index in [2.05, 4.69) is 15.9 Å². The van der Waals surface area contributed by atoms with E-state index in [1.54, 1.807) is 17.1 Å². The summed E-state index contributed by atoms with van der Waals surface area (Å²) < 4.78 is 1.02. The summed E-state index contributed by atoms with van der Waals surface area (Å²) in [7, 11) is 0. The number of carbonyl (C=O) groups is 1. The molecule has 0 saturated carbocycles. The Morgan fingerprint density at radius 2 is 2.05 bits per heavy atom. The number of β-amino-alcohol motifs (C(OH)–C–C–N with tert-alkyl or cyclic N) is 1. The molecule has 1 fully saturated rings. The summed E-state index contributed by atoms with van der Waals surface area (Å²) >= 11 is 3.37. The van der Waals surface area contributed by atoms with E-state index in [1.807, 2.05) is 31.2 Å². The topological polar surface area (TPSA) is 40.5 Å². The van der Waals surface area contributed by atoms with E-state index >= 15 is 0 Å². The number of hydrogen-bond donors (Lipinski definition) is 1. The van der Waals surface area contributed by atoms with Gasteiger partial charge in [-0.3, -0.25) is 4.79 Å². The first-order chi connectivity index (χ1) is 9.02. The second kappa shape index (κ2) is 5.88. The van der Waals surface area contributed by atoms with Crippen molar-refractivity contribution in [3.8, 4) is 0 Å². The Balaban J connectivity index is 1.87. The minimum absolute atomic E-state index is 0.0382. The Hall–Kier alpha value is -1.13. The number of benzene rings is 1. The van der Waals surface area contributed by atoms with Gasteiger partial charge in [0.1, 0.15) is 0 Å². The third-order valence-electron chi connectivity index (χ3n) is 3.29. The van der Waals surface area contributed by atoms with Crippen LogP contribution >= 0.6 is 15.9 Å². The van der Waals surface area contributed by atoms with Crippen molar-refractivity contribution in [3.05, 3.63) is 40.4 Å². The number of nitrogens with zero attached hydrogens (tertiary/aromatic N) is 1. The smallest absolute Gasteiger partial charge is 0.246 e. The molecule has 1 saturated heterocycles. The fourth-order valence-electron chi connectivity index (χ4n) is 2.29. The minimum atomic E-state index is -0.657. The van der Waals surface area contributed by atoms with Crippen LogP contribution in [0.4, 0.5) is 0 Å². The molecule has 1 heterocycles. The van der Waals surface area contributed by atoms with Gasteiger partial charge in [-0.2, -0.15) is 0 Å². The molecule has 1 amide bonds. The van der Waals surface area contributed by atoms with Gasteiger partial charge >= 0.3 is 0 Å². The predicted octanol–water partition coefficient (Wildman–Crippen LogP) is 2.84. The van der Waals surface area contributed by atoms with Gasteiger partial charge in [-0.05, 0) is 30.2 Å². The zero-order valence-electron chi connectivity index (χ0n) is 11.0. The van der Waals surface area contributed by atoms with Crippen LogP contribution in [0, 0.1) is 0 Å². The molecule has 0 radical (unpaired) electrons. The highest BCUT2D eigenvalue weighted by atomic mass is 79.9. The van der Waals surface area contributed by atoms with Gasteiger partial charge in [-0.1, -0.05) is 41.4 Å². The molecule has 0 spiro atoms. The van der Waals surface area contributed by atoms with E-state index in [-0.39, 0.29) is 5.91 Å². The SMILES string of the molecule is CCCC1(O)CN(C(=O)C=Cc2ccc(Br)cc2)C1. The maximum atomic E-state index is 11.9. The molecule has 1 aliphatic rings. The lowest BCUT2D eigenvalue weighted by molar-refractivity contribution is -0.151. The van der Waals surface area contributed by atoms with E-state index in [0.29, 0.717) is 13.1 Å². The quantitative estimate of drug-likeness (QED) is 0.865. The highest BCUT2D eigenvalue weighted by molar-refractivity contribution is 9.10. The summed E-state index contributed by atoms with van der Waals surface area (Å²) in [5.41, 5.74) is 0.330. The van der Waals surface area contributed by atoms with Gasteiger partial charge in [-0.25, -0.2) is 0 Å². The molecular formula is C15H18BrNO2. The van der Waals surface area contributed by atoms with Crippen molar-refractivity contribution in [2.45, 2.75) is 25.4 Å². The van der Waals surface area contributed by atoms with Crippen molar-refractivity contribution in [2.24, 2.45) is 0 Å². The van der Waals surface area contributed by atoms with Gasteiger partial charge < -0.3 is 10.0 Å². The number of aliphatic hydroxyl groups is 1. The lowest BCUT2D eigenvalue weighted by Gasteiger charge is -2.46. The van der Waals surface area contributed by atoms with Crippen molar-refractivity contribution in [1.82, 2.24) is 4.90 Å². The van der Waals surface area contributed by atoms with Crippen LogP contribution < -0.4 is 0 Å². The van der Waals surface area contributed by atoms with Gasteiger partial charge in [0, 0.05) is 10.5 Å². The first-order valence-electron chi connectivity index (χ1n) is 6.47. The molecule has 0 atom stereocenters. The number of rotatable bonds is 4. The van der Waals surface area contributed by atoms with Crippen LogP contribution in [0.5, 0.6) is 0 Å². The summed E-state index contributed by atoms with van der Waals surface area (Å²) in [6.07, 6.45) is 5.06. The van der Waals surface area contributed by atoms with E-state index < -0.39 is 5.60 Å². The summed E-state index contributed by atoms with van der Waals surface area (Å²) in [5, 5.41) is 10.0. The molecule has 19 heavy (non-hydrogen) atoms. The van der Waals surface area contributed by atoms with Gasteiger partial charge in [0.05, 0.1) is 18.7 Å². The molecule has 1 aromatic carbocycles. The fraction of sp³-hybridized carbons (Fsp3) is 0.400. The van der Waals surface area contributed by atoms with Crippen molar-refractivity contribution in [1.29, 1.82) is 0 Å². The maximum Gasteiger partial charge on any atom is 0.246 e. The van der Waals surface area contributed by atoms with E-state index in [1.165, 1.54) is 0 Å². The normalized spacial score (nSPS) is 17.5. The first kappa shape index (κ1) is 14.3. The van der Waals surface area contributed by atoms with Gasteiger partial charge in [0.2, 0.25) is 5.91 Å². The number of hydrogen-bond acceptors (Lipinski definition) is 2.